The van der Waals surface area contributed by atoms with Crippen molar-refractivity contribution in [3.63, 3.8) is 0 Å². The van der Waals surface area contributed by atoms with Crippen LogP contribution in [0.25, 0.3) is 0 Å². The van der Waals surface area contributed by atoms with E-state index in [2.05, 4.69) is 4.74 Å². The Hall–Kier alpha value is -1.65. The molecule has 1 aromatic rings. The molecule has 0 aromatic heterocycles. The molecule has 0 aliphatic heterocycles. The summed E-state index contributed by atoms with van der Waals surface area (Å²) in [5, 5.41) is 0. The summed E-state index contributed by atoms with van der Waals surface area (Å²) in [7, 11) is 1.05. The molecule has 3 nitrogen and oxygen atoms in total. The fourth-order valence-electron chi connectivity index (χ4n) is 1.17. The summed E-state index contributed by atoms with van der Waals surface area (Å²) in [6.07, 6.45) is -0.273. The van der Waals surface area contributed by atoms with E-state index in [1.807, 2.05) is 0 Å². The highest BCUT2D eigenvalue weighted by atomic mass is 19.1. The van der Waals surface area contributed by atoms with Crippen LogP contribution < -0.4 is 4.74 Å². The van der Waals surface area contributed by atoms with Gasteiger partial charge in [-0.1, -0.05) is 0 Å². The molecule has 0 bridgehead atoms. The molecule has 0 aliphatic carbocycles. The fourth-order valence-corrected chi connectivity index (χ4v) is 1.17. The topological polar surface area (TPSA) is 35.5 Å². The van der Waals surface area contributed by atoms with Crippen molar-refractivity contribution in [1.82, 2.24) is 0 Å². The third kappa shape index (κ3) is 2.48. The standard InChI is InChI=1S/C11H12F2O3/c1-6(2)16-8-5-4-7(12)9(10(8)13)11(14)15-3/h4-6H,1-3H3. The molecule has 1 rings (SSSR count). The highest BCUT2D eigenvalue weighted by Crippen LogP contribution is 2.24. The summed E-state index contributed by atoms with van der Waals surface area (Å²) in [4.78, 5) is 11.1. The Bertz CT molecular complexity index is 402. The lowest BCUT2D eigenvalue weighted by Gasteiger charge is -2.12. The highest BCUT2D eigenvalue weighted by Gasteiger charge is 2.22. The molecule has 0 unspecified atom stereocenters. The van der Waals surface area contributed by atoms with Crippen molar-refractivity contribution in [3.05, 3.63) is 29.3 Å². The zero-order valence-electron chi connectivity index (χ0n) is 9.21. The van der Waals surface area contributed by atoms with Gasteiger partial charge in [0.15, 0.2) is 11.6 Å². The number of halogens is 2. The SMILES string of the molecule is COC(=O)c1c(F)ccc(OC(C)C)c1F. The lowest BCUT2D eigenvalue weighted by Crippen LogP contribution is -2.12. The van der Waals surface area contributed by atoms with Gasteiger partial charge in [0.05, 0.1) is 13.2 Å². The number of carbonyl (C=O) groups is 1. The van der Waals surface area contributed by atoms with E-state index in [9.17, 15) is 13.6 Å². The quantitative estimate of drug-likeness (QED) is 0.748. The summed E-state index contributed by atoms with van der Waals surface area (Å²) < 4.78 is 36.2. The van der Waals surface area contributed by atoms with Crippen molar-refractivity contribution in [2.24, 2.45) is 0 Å². The van der Waals surface area contributed by atoms with E-state index in [1.165, 1.54) is 0 Å². The molecule has 0 aliphatic rings. The van der Waals surface area contributed by atoms with Crippen LogP contribution in [0.1, 0.15) is 24.2 Å². The maximum Gasteiger partial charge on any atom is 0.344 e. The summed E-state index contributed by atoms with van der Waals surface area (Å²) in [5.74, 6) is -3.25. The smallest absolute Gasteiger partial charge is 0.344 e. The van der Waals surface area contributed by atoms with Gasteiger partial charge in [0.25, 0.3) is 0 Å². The van der Waals surface area contributed by atoms with Crippen LogP contribution in [0, 0.1) is 11.6 Å². The van der Waals surface area contributed by atoms with Gasteiger partial charge in [-0.15, -0.1) is 0 Å². The van der Waals surface area contributed by atoms with E-state index in [1.54, 1.807) is 13.8 Å². The maximum atomic E-state index is 13.7. The molecule has 0 saturated heterocycles. The van der Waals surface area contributed by atoms with E-state index in [-0.39, 0.29) is 11.9 Å². The second kappa shape index (κ2) is 4.92. The zero-order chi connectivity index (χ0) is 12.3. The number of methoxy groups -OCH3 is 1. The maximum absolute atomic E-state index is 13.7. The van der Waals surface area contributed by atoms with Gasteiger partial charge in [0, 0.05) is 0 Å². The van der Waals surface area contributed by atoms with E-state index < -0.39 is 23.2 Å². The predicted molar refractivity (Wildman–Crippen MR) is 53.5 cm³/mol. The van der Waals surface area contributed by atoms with Crippen LogP contribution in [0.2, 0.25) is 0 Å². The third-order valence-electron chi connectivity index (χ3n) is 1.81. The minimum atomic E-state index is -1.07. The van der Waals surface area contributed by atoms with Crippen molar-refractivity contribution >= 4 is 5.97 Å². The average molecular weight is 230 g/mol. The van der Waals surface area contributed by atoms with Crippen LogP contribution in [-0.4, -0.2) is 19.2 Å². The molecule has 0 fully saturated rings. The summed E-state index contributed by atoms with van der Waals surface area (Å²) in [6, 6.07) is 2.10. The first-order chi connectivity index (χ1) is 7.47. The van der Waals surface area contributed by atoms with Gasteiger partial charge >= 0.3 is 5.97 Å². The molecule has 0 radical (unpaired) electrons. The van der Waals surface area contributed by atoms with Crippen molar-refractivity contribution in [3.8, 4) is 5.75 Å². The van der Waals surface area contributed by atoms with E-state index in [4.69, 9.17) is 4.74 Å². The second-order valence-corrected chi connectivity index (χ2v) is 3.39. The molecule has 0 N–H and O–H groups in total. The molecule has 5 heteroatoms. The first kappa shape index (κ1) is 12.4. The monoisotopic (exact) mass is 230 g/mol. The normalized spacial score (nSPS) is 10.4. The Labute approximate surface area is 92.0 Å². The summed E-state index contributed by atoms with van der Waals surface area (Å²) >= 11 is 0. The Balaban J connectivity index is 3.21. The molecule has 0 heterocycles. The lowest BCUT2D eigenvalue weighted by atomic mass is 10.2. The van der Waals surface area contributed by atoms with E-state index in [0.29, 0.717) is 0 Å². The molecule has 0 saturated carbocycles. The number of hydrogen-bond acceptors (Lipinski definition) is 3. The van der Waals surface area contributed by atoms with Gasteiger partial charge in [-0.3, -0.25) is 0 Å². The molecular weight excluding hydrogens is 218 g/mol. The molecule has 1 aromatic carbocycles. The van der Waals surface area contributed by atoms with Gasteiger partial charge in [-0.25, -0.2) is 13.6 Å². The van der Waals surface area contributed by atoms with Crippen molar-refractivity contribution in [2.75, 3.05) is 7.11 Å². The lowest BCUT2D eigenvalue weighted by molar-refractivity contribution is 0.0588. The Morgan fingerprint density at radius 3 is 2.44 bits per heavy atom. The summed E-state index contributed by atoms with van der Waals surface area (Å²) in [5.41, 5.74) is -0.736. The van der Waals surface area contributed by atoms with Crippen LogP contribution in [0.5, 0.6) is 5.75 Å². The number of benzene rings is 1. The minimum Gasteiger partial charge on any atom is -0.488 e. The van der Waals surface area contributed by atoms with E-state index >= 15 is 0 Å². The minimum absolute atomic E-state index is 0.170. The second-order valence-electron chi connectivity index (χ2n) is 3.39. The van der Waals surface area contributed by atoms with Crippen LogP contribution in [0.4, 0.5) is 8.78 Å². The number of ether oxygens (including phenoxy) is 2. The summed E-state index contributed by atoms with van der Waals surface area (Å²) in [6.45, 7) is 3.39. The van der Waals surface area contributed by atoms with Crippen LogP contribution in [-0.2, 0) is 4.74 Å². The predicted octanol–water partition coefficient (Wildman–Crippen LogP) is 2.54. The van der Waals surface area contributed by atoms with Crippen LogP contribution in [0.3, 0.4) is 0 Å². The first-order valence-corrected chi connectivity index (χ1v) is 4.70. The van der Waals surface area contributed by atoms with Gasteiger partial charge < -0.3 is 9.47 Å². The molecule has 0 spiro atoms. The molecule has 16 heavy (non-hydrogen) atoms. The third-order valence-corrected chi connectivity index (χ3v) is 1.81. The van der Waals surface area contributed by atoms with Gasteiger partial charge in [-0.05, 0) is 26.0 Å². The van der Waals surface area contributed by atoms with E-state index in [0.717, 1.165) is 19.2 Å². The van der Waals surface area contributed by atoms with Gasteiger partial charge in [-0.2, -0.15) is 0 Å². The van der Waals surface area contributed by atoms with Crippen molar-refractivity contribution in [2.45, 2.75) is 20.0 Å². The molecule has 0 amide bonds. The Morgan fingerprint density at radius 2 is 1.94 bits per heavy atom. The zero-order valence-corrected chi connectivity index (χ0v) is 9.21. The van der Waals surface area contributed by atoms with Crippen LogP contribution >= 0.6 is 0 Å². The number of esters is 1. The number of carbonyl (C=O) groups excluding carboxylic acids is 1. The molecule has 88 valence electrons. The average Bonchev–Trinajstić information content (AvgIpc) is 2.21. The van der Waals surface area contributed by atoms with Crippen molar-refractivity contribution in [1.29, 1.82) is 0 Å². The number of hydrogen-bond donors (Lipinski definition) is 0. The number of rotatable bonds is 3. The molecular formula is C11H12F2O3. The van der Waals surface area contributed by atoms with Gasteiger partial charge in [0.2, 0.25) is 0 Å². The first-order valence-electron chi connectivity index (χ1n) is 4.70. The van der Waals surface area contributed by atoms with Crippen LogP contribution in [0.15, 0.2) is 12.1 Å². The Kier molecular flexibility index (Phi) is 3.82. The van der Waals surface area contributed by atoms with Gasteiger partial charge in [0.1, 0.15) is 11.4 Å². The largest absolute Gasteiger partial charge is 0.488 e. The highest BCUT2D eigenvalue weighted by molar-refractivity contribution is 5.90. The fraction of sp³-hybridized carbons (Fsp3) is 0.364. The molecule has 0 atom stereocenters. The van der Waals surface area contributed by atoms with Crippen molar-refractivity contribution < 1.29 is 23.0 Å². The Morgan fingerprint density at radius 1 is 1.31 bits per heavy atom.